The van der Waals surface area contributed by atoms with Crippen molar-refractivity contribution in [2.24, 2.45) is 5.92 Å². The monoisotopic (exact) mass is 149 g/mol. The Labute approximate surface area is 70.3 Å². The maximum absolute atomic E-state index is 5.28. The number of hydrogen-bond donors (Lipinski definition) is 0. The van der Waals surface area contributed by atoms with Gasteiger partial charge in [-0.1, -0.05) is 37.8 Å². The first-order chi connectivity index (χ1) is 5.31. The molecule has 1 radical (unpaired) electrons. The molecular weight excluding hydrogens is 132 g/mol. The Bertz CT molecular complexity index is 131. The summed E-state index contributed by atoms with van der Waals surface area (Å²) in [4.78, 5) is 0. The molecule has 1 unspecified atom stereocenters. The third-order valence-electron chi connectivity index (χ3n) is 1.51. The normalized spacial score (nSPS) is 13.2. The van der Waals surface area contributed by atoms with Crippen molar-refractivity contribution in [1.82, 2.24) is 0 Å². The summed E-state index contributed by atoms with van der Waals surface area (Å²) in [6.45, 7) is 11.1. The highest BCUT2D eigenvalue weighted by Gasteiger charge is 1.90. The first-order valence-electron chi connectivity index (χ1n) is 4.12. The number of hydrogen-bond acceptors (Lipinski definition) is 0. The van der Waals surface area contributed by atoms with Gasteiger partial charge in [0.2, 0.25) is 0 Å². The van der Waals surface area contributed by atoms with Crippen LogP contribution >= 0.6 is 0 Å². The molecule has 0 fully saturated rings. The van der Waals surface area contributed by atoms with Gasteiger partial charge in [-0.3, -0.25) is 0 Å². The van der Waals surface area contributed by atoms with E-state index in [4.69, 9.17) is 6.58 Å². The Balaban J connectivity index is 3.38. The van der Waals surface area contributed by atoms with Gasteiger partial charge >= 0.3 is 0 Å². The van der Waals surface area contributed by atoms with Crippen LogP contribution in [0.4, 0.5) is 0 Å². The highest BCUT2D eigenvalue weighted by Crippen LogP contribution is 2.04. The second kappa shape index (κ2) is 7.33. The lowest BCUT2D eigenvalue weighted by atomic mass is 10.1. The van der Waals surface area contributed by atoms with Gasteiger partial charge in [-0.25, -0.2) is 0 Å². The topological polar surface area (TPSA) is 0 Å². The maximum atomic E-state index is 5.28. The van der Waals surface area contributed by atoms with Crippen molar-refractivity contribution in [2.75, 3.05) is 0 Å². The lowest BCUT2D eigenvalue weighted by molar-refractivity contribution is 0.740. The quantitative estimate of drug-likeness (QED) is 0.400. The average molecular weight is 149 g/mol. The van der Waals surface area contributed by atoms with Crippen LogP contribution in [0, 0.1) is 12.5 Å². The van der Waals surface area contributed by atoms with E-state index in [2.05, 4.69) is 25.7 Å². The van der Waals surface area contributed by atoms with Crippen LogP contribution in [-0.2, 0) is 0 Å². The average Bonchev–Trinajstić information content (AvgIpc) is 1.99. The number of allylic oxidation sites excluding steroid dienone is 4. The summed E-state index contributed by atoms with van der Waals surface area (Å²) in [5, 5.41) is 0. The van der Waals surface area contributed by atoms with Crippen molar-refractivity contribution >= 4 is 0 Å². The molecule has 0 aliphatic rings. The zero-order chi connectivity index (χ0) is 8.53. The van der Waals surface area contributed by atoms with Crippen molar-refractivity contribution < 1.29 is 0 Å². The minimum atomic E-state index is 0.574. The summed E-state index contributed by atoms with van der Waals surface area (Å²) >= 11 is 0. The Morgan fingerprint density at radius 1 is 1.45 bits per heavy atom. The molecule has 0 aromatic heterocycles. The number of unbranched alkanes of at least 4 members (excludes halogenated alkanes) is 1. The summed E-state index contributed by atoms with van der Waals surface area (Å²) in [5.41, 5.74) is 0. The SMILES string of the molecule is [CH]=CCC(C)C=CCCC=C. The fourth-order valence-corrected chi connectivity index (χ4v) is 0.836. The summed E-state index contributed by atoms with van der Waals surface area (Å²) < 4.78 is 0. The fourth-order valence-electron chi connectivity index (χ4n) is 0.836. The molecule has 0 bridgehead atoms. The van der Waals surface area contributed by atoms with Crippen LogP contribution in [0.1, 0.15) is 26.2 Å². The minimum absolute atomic E-state index is 0.574. The zero-order valence-corrected chi connectivity index (χ0v) is 7.29. The molecule has 0 nitrogen and oxygen atoms in total. The van der Waals surface area contributed by atoms with E-state index in [1.807, 2.05) is 6.08 Å². The third-order valence-corrected chi connectivity index (χ3v) is 1.51. The van der Waals surface area contributed by atoms with Crippen LogP contribution in [0.25, 0.3) is 0 Å². The van der Waals surface area contributed by atoms with Crippen molar-refractivity contribution in [3.8, 4) is 0 Å². The van der Waals surface area contributed by atoms with E-state index in [1.54, 1.807) is 6.08 Å². The molecule has 0 amide bonds. The summed E-state index contributed by atoms with van der Waals surface area (Å²) in [7, 11) is 0. The molecule has 0 aliphatic carbocycles. The Morgan fingerprint density at radius 2 is 2.18 bits per heavy atom. The summed E-state index contributed by atoms with van der Waals surface area (Å²) in [6.07, 6.45) is 11.2. The Kier molecular flexibility index (Phi) is 6.81. The van der Waals surface area contributed by atoms with Gasteiger partial charge in [0.15, 0.2) is 0 Å². The maximum Gasteiger partial charge on any atom is -0.0227 e. The highest BCUT2D eigenvalue weighted by molar-refractivity contribution is 4.90. The van der Waals surface area contributed by atoms with Gasteiger partial charge < -0.3 is 0 Å². The molecule has 0 rings (SSSR count). The first kappa shape index (κ1) is 10.2. The second-order valence-electron chi connectivity index (χ2n) is 2.74. The van der Waals surface area contributed by atoms with Gasteiger partial charge in [0.05, 0.1) is 0 Å². The van der Waals surface area contributed by atoms with E-state index in [0.29, 0.717) is 5.92 Å². The van der Waals surface area contributed by atoms with Gasteiger partial charge in [-0.2, -0.15) is 0 Å². The zero-order valence-electron chi connectivity index (χ0n) is 7.29. The predicted octanol–water partition coefficient (Wildman–Crippen LogP) is 3.52. The lowest BCUT2D eigenvalue weighted by Gasteiger charge is -1.98. The number of rotatable bonds is 6. The standard InChI is InChI=1S/C11H17/c1-4-6-7-8-10-11(3)9-5-2/h2,4-5,8,10-11H,1,6-7,9H2,3H3. The molecule has 0 aromatic rings. The molecule has 61 valence electrons. The molecule has 11 heavy (non-hydrogen) atoms. The van der Waals surface area contributed by atoms with Crippen molar-refractivity contribution in [3.05, 3.63) is 37.5 Å². The minimum Gasteiger partial charge on any atom is -0.103 e. The fraction of sp³-hybridized carbons (Fsp3) is 0.455. The highest BCUT2D eigenvalue weighted by atomic mass is 14.0. The van der Waals surface area contributed by atoms with Gasteiger partial charge in [0.1, 0.15) is 0 Å². The predicted molar refractivity (Wildman–Crippen MR) is 51.2 cm³/mol. The van der Waals surface area contributed by atoms with Crippen LogP contribution in [0.15, 0.2) is 30.9 Å². The van der Waals surface area contributed by atoms with Crippen LogP contribution in [0.2, 0.25) is 0 Å². The van der Waals surface area contributed by atoms with Crippen LogP contribution in [-0.4, -0.2) is 0 Å². The van der Waals surface area contributed by atoms with Crippen LogP contribution < -0.4 is 0 Å². The van der Waals surface area contributed by atoms with Crippen LogP contribution in [0.3, 0.4) is 0 Å². The second-order valence-corrected chi connectivity index (χ2v) is 2.74. The Morgan fingerprint density at radius 3 is 2.73 bits per heavy atom. The van der Waals surface area contributed by atoms with E-state index in [9.17, 15) is 0 Å². The molecule has 0 N–H and O–H groups in total. The molecule has 0 saturated carbocycles. The molecule has 0 spiro atoms. The Hall–Kier alpha value is -0.780. The van der Waals surface area contributed by atoms with E-state index < -0.39 is 0 Å². The van der Waals surface area contributed by atoms with E-state index in [0.717, 1.165) is 19.3 Å². The third kappa shape index (κ3) is 7.11. The van der Waals surface area contributed by atoms with Crippen molar-refractivity contribution in [2.45, 2.75) is 26.2 Å². The van der Waals surface area contributed by atoms with E-state index in [-0.39, 0.29) is 0 Å². The van der Waals surface area contributed by atoms with E-state index >= 15 is 0 Å². The lowest BCUT2D eigenvalue weighted by Crippen LogP contribution is -1.84. The van der Waals surface area contributed by atoms with Gasteiger partial charge in [-0.05, 0) is 25.2 Å². The first-order valence-corrected chi connectivity index (χ1v) is 4.12. The molecule has 0 aliphatic heterocycles. The molecule has 1 atom stereocenters. The summed E-state index contributed by atoms with van der Waals surface area (Å²) in [5.74, 6) is 0.574. The van der Waals surface area contributed by atoms with Gasteiger partial charge in [-0.15, -0.1) is 6.58 Å². The van der Waals surface area contributed by atoms with E-state index in [1.165, 1.54) is 0 Å². The largest absolute Gasteiger partial charge is 0.103 e. The molecular formula is C11H17. The van der Waals surface area contributed by atoms with Crippen molar-refractivity contribution in [3.63, 3.8) is 0 Å². The van der Waals surface area contributed by atoms with Gasteiger partial charge in [0, 0.05) is 0 Å². The summed E-state index contributed by atoms with van der Waals surface area (Å²) in [6, 6.07) is 0. The molecule has 0 saturated heterocycles. The van der Waals surface area contributed by atoms with Gasteiger partial charge in [0.25, 0.3) is 0 Å². The van der Waals surface area contributed by atoms with Crippen LogP contribution in [0.5, 0.6) is 0 Å². The smallest absolute Gasteiger partial charge is 0.0227 e. The molecule has 0 heterocycles. The van der Waals surface area contributed by atoms with Crippen molar-refractivity contribution in [1.29, 1.82) is 0 Å². The molecule has 0 heteroatoms. The molecule has 0 aromatic carbocycles.